The van der Waals surface area contributed by atoms with Crippen molar-refractivity contribution >= 4 is 34.6 Å². The summed E-state index contributed by atoms with van der Waals surface area (Å²) in [6.45, 7) is 0.711. The van der Waals surface area contributed by atoms with E-state index in [1.807, 2.05) is 18.2 Å². The second-order valence-electron chi connectivity index (χ2n) is 4.82. The standard InChI is InChI=1S/C15H10Cl2N4O/c16-10-3-2-9(15-21-20-7-22-15)14(17)13(10)8-1-4-11-12(5-8)19-6-18-11/h1-5,7,18-19H,6H2. The molecule has 0 aliphatic carbocycles. The van der Waals surface area contributed by atoms with E-state index in [0.29, 0.717) is 28.2 Å². The maximum absolute atomic E-state index is 6.54. The Morgan fingerprint density at radius 3 is 2.73 bits per heavy atom. The molecule has 110 valence electrons. The number of anilines is 2. The molecule has 22 heavy (non-hydrogen) atoms. The van der Waals surface area contributed by atoms with Crippen LogP contribution in [-0.2, 0) is 0 Å². The number of hydrogen-bond acceptors (Lipinski definition) is 5. The fourth-order valence-electron chi connectivity index (χ4n) is 2.51. The molecular formula is C15H10Cl2N4O. The monoisotopic (exact) mass is 332 g/mol. The van der Waals surface area contributed by atoms with Gasteiger partial charge in [0, 0.05) is 10.6 Å². The molecule has 0 atom stereocenters. The summed E-state index contributed by atoms with van der Waals surface area (Å²) in [7, 11) is 0. The van der Waals surface area contributed by atoms with Gasteiger partial charge in [0.25, 0.3) is 0 Å². The average Bonchev–Trinajstić information content (AvgIpc) is 3.18. The average molecular weight is 333 g/mol. The van der Waals surface area contributed by atoms with Gasteiger partial charge in [0.2, 0.25) is 12.3 Å². The lowest BCUT2D eigenvalue weighted by atomic mass is 10.0. The normalized spacial score (nSPS) is 12.6. The third-order valence-corrected chi connectivity index (χ3v) is 4.26. The molecule has 0 saturated carbocycles. The lowest BCUT2D eigenvalue weighted by molar-refractivity contribution is 0.568. The molecule has 0 unspecified atom stereocenters. The third kappa shape index (κ3) is 2.10. The van der Waals surface area contributed by atoms with Gasteiger partial charge < -0.3 is 15.1 Å². The van der Waals surface area contributed by atoms with Crippen molar-refractivity contribution in [2.75, 3.05) is 17.3 Å². The molecular weight excluding hydrogens is 323 g/mol. The maximum Gasteiger partial charge on any atom is 0.248 e. The van der Waals surface area contributed by atoms with E-state index < -0.39 is 0 Å². The topological polar surface area (TPSA) is 63.0 Å². The highest BCUT2D eigenvalue weighted by Gasteiger charge is 2.18. The van der Waals surface area contributed by atoms with Gasteiger partial charge in [-0.3, -0.25) is 0 Å². The van der Waals surface area contributed by atoms with Crippen LogP contribution < -0.4 is 10.6 Å². The molecule has 0 amide bonds. The van der Waals surface area contributed by atoms with Gasteiger partial charge in [-0.2, -0.15) is 0 Å². The minimum absolute atomic E-state index is 0.365. The Morgan fingerprint density at radius 1 is 1.05 bits per heavy atom. The number of benzene rings is 2. The lowest BCUT2D eigenvalue weighted by Gasteiger charge is -2.11. The predicted octanol–water partition coefficient (Wildman–Crippen LogP) is 4.51. The number of fused-ring (bicyclic) bond motifs is 1. The first-order chi connectivity index (χ1) is 10.7. The molecule has 1 aliphatic rings. The molecule has 0 bridgehead atoms. The van der Waals surface area contributed by atoms with E-state index in [-0.39, 0.29) is 0 Å². The SMILES string of the molecule is Clc1ccc(-c2nnco2)c(Cl)c1-c1ccc2c(c1)NCN2. The summed E-state index contributed by atoms with van der Waals surface area (Å²) < 4.78 is 5.23. The van der Waals surface area contributed by atoms with E-state index in [9.17, 15) is 0 Å². The molecule has 5 nitrogen and oxygen atoms in total. The Balaban J connectivity index is 1.89. The number of nitrogens with zero attached hydrogens (tertiary/aromatic N) is 2. The molecule has 3 aromatic rings. The van der Waals surface area contributed by atoms with Crippen LogP contribution in [0.15, 0.2) is 41.1 Å². The Hall–Kier alpha value is -2.24. The first kappa shape index (κ1) is 13.4. The molecule has 2 aromatic carbocycles. The highest BCUT2D eigenvalue weighted by molar-refractivity contribution is 6.41. The molecule has 1 aromatic heterocycles. The summed E-state index contributed by atoms with van der Waals surface area (Å²) in [5.74, 6) is 0.365. The molecule has 0 spiro atoms. The van der Waals surface area contributed by atoms with Crippen molar-refractivity contribution in [2.45, 2.75) is 0 Å². The van der Waals surface area contributed by atoms with E-state index in [2.05, 4.69) is 20.8 Å². The largest absolute Gasteiger partial charge is 0.423 e. The van der Waals surface area contributed by atoms with Crippen LogP contribution in [0, 0.1) is 0 Å². The molecule has 2 heterocycles. The van der Waals surface area contributed by atoms with Crippen molar-refractivity contribution in [3.63, 3.8) is 0 Å². The zero-order valence-corrected chi connectivity index (χ0v) is 12.7. The minimum Gasteiger partial charge on any atom is -0.423 e. The van der Waals surface area contributed by atoms with E-state index in [0.717, 1.165) is 22.5 Å². The second-order valence-corrected chi connectivity index (χ2v) is 5.60. The number of rotatable bonds is 2. The predicted molar refractivity (Wildman–Crippen MR) is 87.3 cm³/mol. The van der Waals surface area contributed by atoms with Crippen LogP contribution in [0.5, 0.6) is 0 Å². The van der Waals surface area contributed by atoms with Crippen LogP contribution in [0.1, 0.15) is 0 Å². The highest BCUT2D eigenvalue weighted by Crippen LogP contribution is 2.42. The summed E-state index contributed by atoms with van der Waals surface area (Å²) in [6.07, 6.45) is 1.27. The maximum atomic E-state index is 6.54. The molecule has 0 radical (unpaired) electrons. The summed E-state index contributed by atoms with van der Waals surface area (Å²) in [4.78, 5) is 0. The number of nitrogens with one attached hydrogen (secondary N) is 2. The number of aromatic nitrogens is 2. The fourth-order valence-corrected chi connectivity index (χ4v) is 3.18. The van der Waals surface area contributed by atoms with Crippen LogP contribution in [-0.4, -0.2) is 16.9 Å². The van der Waals surface area contributed by atoms with Gasteiger partial charge in [0.1, 0.15) is 0 Å². The van der Waals surface area contributed by atoms with Crippen molar-refractivity contribution in [2.24, 2.45) is 0 Å². The number of halogens is 2. The van der Waals surface area contributed by atoms with Gasteiger partial charge >= 0.3 is 0 Å². The van der Waals surface area contributed by atoms with E-state index >= 15 is 0 Å². The summed E-state index contributed by atoms with van der Waals surface area (Å²) in [5.41, 5.74) is 4.41. The minimum atomic E-state index is 0.365. The van der Waals surface area contributed by atoms with Crippen LogP contribution in [0.25, 0.3) is 22.6 Å². The Bertz CT molecular complexity index is 849. The zero-order valence-electron chi connectivity index (χ0n) is 11.2. The zero-order chi connectivity index (χ0) is 15.1. The lowest BCUT2D eigenvalue weighted by Crippen LogP contribution is -1.98. The van der Waals surface area contributed by atoms with Crippen molar-refractivity contribution in [1.29, 1.82) is 0 Å². The quantitative estimate of drug-likeness (QED) is 0.723. The molecule has 4 rings (SSSR count). The first-order valence-corrected chi connectivity index (χ1v) is 7.36. The van der Waals surface area contributed by atoms with Gasteiger partial charge in [-0.05, 0) is 29.8 Å². The number of hydrogen-bond donors (Lipinski definition) is 2. The van der Waals surface area contributed by atoms with E-state index in [1.54, 1.807) is 12.1 Å². The van der Waals surface area contributed by atoms with E-state index in [1.165, 1.54) is 6.39 Å². The summed E-state index contributed by atoms with van der Waals surface area (Å²) >= 11 is 12.9. The molecule has 0 saturated heterocycles. The molecule has 1 aliphatic heterocycles. The van der Waals surface area contributed by atoms with Crippen molar-refractivity contribution < 1.29 is 4.42 Å². The Morgan fingerprint density at radius 2 is 1.91 bits per heavy atom. The van der Waals surface area contributed by atoms with E-state index in [4.69, 9.17) is 27.6 Å². The van der Waals surface area contributed by atoms with Gasteiger partial charge in [0.05, 0.1) is 28.6 Å². The first-order valence-electron chi connectivity index (χ1n) is 6.61. The fraction of sp³-hybridized carbons (Fsp3) is 0.0667. The summed E-state index contributed by atoms with van der Waals surface area (Å²) in [5, 5.41) is 15.1. The smallest absolute Gasteiger partial charge is 0.248 e. The summed E-state index contributed by atoms with van der Waals surface area (Å²) in [6, 6.07) is 9.54. The van der Waals surface area contributed by atoms with Crippen LogP contribution in [0.4, 0.5) is 11.4 Å². The highest BCUT2D eigenvalue weighted by atomic mass is 35.5. The van der Waals surface area contributed by atoms with Gasteiger partial charge in [-0.15, -0.1) is 10.2 Å². The molecule has 2 N–H and O–H groups in total. The van der Waals surface area contributed by atoms with Crippen LogP contribution in [0.2, 0.25) is 10.0 Å². The van der Waals surface area contributed by atoms with Gasteiger partial charge in [0.15, 0.2) is 0 Å². The van der Waals surface area contributed by atoms with Crippen molar-refractivity contribution in [1.82, 2.24) is 10.2 Å². The Labute approximate surface area is 136 Å². The molecule has 0 fully saturated rings. The molecule has 7 heteroatoms. The van der Waals surface area contributed by atoms with Crippen molar-refractivity contribution in [3.05, 3.63) is 46.8 Å². The van der Waals surface area contributed by atoms with Gasteiger partial charge in [-0.25, -0.2) is 0 Å². The Kier molecular flexibility index (Phi) is 3.17. The van der Waals surface area contributed by atoms with Crippen molar-refractivity contribution in [3.8, 4) is 22.6 Å². The second kappa shape index (κ2) is 5.19. The van der Waals surface area contributed by atoms with Gasteiger partial charge in [-0.1, -0.05) is 29.3 Å². The third-order valence-electron chi connectivity index (χ3n) is 3.55. The van der Waals surface area contributed by atoms with Crippen LogP contribution >= 0.6 is 23.2 Å². The van der Waals surface area contributed by atoms with Crippen LogP contribution in [0.3, 0.4) is 0 Å².